The van der Waals surface area contributed by atoms with Crippen molar-refractivity contribution in [2.45, 2.75) is 25.7 Å². The van der Waals surface area contributed by atoms with Gasteiger partial charge in [0.2, 0.25) is 5.91 Å². The van der Waals surface area contributed by atoms with Crippen molar-refractivity contribution in [1.82, 2.24) is 10.2 Å². The van der Waals surface area contributed by atoms with Crippen molar-refractivity contribution < 1.29 is 9.59 Å². The molecule has 1 aliphatic heterocycles. The fourth-order valence-corrected chi connectivity index (χ4v) is 3.93. The smallest absolute Gasteiger partial charge is 0.253 e. The van der Waals surface area contributed by atoms with E-state index in [-0.39, 0.29) is 17.2 Å². The molecule has 2 amide bonds. The van der Waals surface area contributed by atoms with E-state index in [1.54, 1.807) is 26.2 Å². The van der Waals surface area contributed by atoms with Gasteiger partial charge >= 0.3 is 0 Å². The average molecular weight is 315 g/mol. The number of hydrogen-bond acceptors (Lipinski definition) is 3. The van der Waals surface area contributed by atoms with Gasteiger partial charge in [0.1, 0.15) is 0 Å². The van der Waals surface area contributed by atoms with Gasteiger partial charge < -0.3 is 15.5 Å². The number of carbonyl (C=O) groups is 2. The molecular weight excluding hydrogens is 290 g/mol. The van der Waals surface area contributed by atoms with Gasteiger partial charge in [-0.05, 0) is 43.5 Å². The van der Waals surface area contributed by atoms with E-state index in [0.29, 0.717) is 17.2 Å². The highest BCUT2D eigenvalue weighted by molar-refractivity contribution is 5.99. The number of anilines is 1. The summed E-state index contributed by atoms with van der Waals surface area (Å²) in [5.41, 5.74) is 1.02. The fourth-order valence-electron chi connectivity index (χ4n) is 3.93. The number of carbonyl (C=O) groups excluding carboxylic acids is 2. The van der Waals surface area contributed by atoms with E-state index in [4.69, 9.17) is 0 Å². The Kier molecular flexibility index (Phi) is 4.39. The Bertz CT molecular complexity index is 614. The molecule has 5 nitrogen and oxygen atoms in total. The molecule has 2 aliphatic rings. The molecule has 1 saturated carbocycles. The number of hydrogen-bond donors (Lipinski definition) is 2. The van der Waals surface area contributed by atoms with E-state index in [9.17, 15) is 9.59 Å². The van der Waals surface area contributed by atoms with Crippen molar-refractivity contribution in [3.05, 3.63) is 29.8 Å². The Labute approximate surface area is 137 Å². The zero-order chi connectivity index (χ0) is 16.4. The molecule has 1 saturated heterocycles. The van der Waals surface area contributed by atoms with Gasteiger partial charge in [-0.15, -0.1) is 0 Å². The SMILES string of the molecule is CN(C)C(=O)c1cccc(NC(=O)[C@@]23CCCC[C@H]2CNC3)c1. The predicted octanol–water partition coefficient (Wildman–Crippen LogP) is 2.11. The molecule has 1 aliphatic carbocycles. The standard InChI is InChI=1S/C18H25N3O2/c1-21(2)16(22)13-6-5-8-15(10-13)20-17(23)18-9-4-3-7-14(18)11-19-12-18/h5-6,8,10,14,19H,3-4,7,9,11-12H2,1-2H3,(H,20,23)/t14-,18+/m0/s1. The molecule has 2 fully saturated rings. The first-order valence-corrected chi connectivity index (χ1v) is 8.37. The summed E-state index contributed by atoms with van der Waals surface area (Å²) in [5, 5.41) is 6.45. The lowest BCUT2D eigenvalue weighted by Crippen LogP contribution is -2.44. The predicted molar refractivity (Wildman–Crippen MR) is 90.3 cm³/mol. The zero-order valence-electron chi connectivity index (χ0n) is 13.9. The Hall–Kier alpha value is -1.88. The molecule has 0 spiro atoms. The van der Waals surface area contributed by atoms with Crippen molar-refractivity contribution in [1.29, 1.82) is 0 Å². The van der Waals surface area contributed by atoms with Gasteiger partial charge in [-0.25, -0.2) is 0 Å². The monoisotopic (exact) mass is 315 g/mol. The first kappa shape index (κ1) is 16.0. The molecule has 0 radical (unpaired) electrons. The van der Waals surface area contributed by atoms with E-state index in [0.717, 1.165) is 32.4 Å². The van der Waals surface area contributed by atoms with Gasteiger partial charge in [0.05, 0.1) is 5.41 Å². The number of fused-ring (bicyclic) bond motifs is 1. The third-order valence-corrected chi connectivity index (χ3v) is 5.26. The Morgan fingerprint density at radius 1 is 1.30 bits per heavy atom. The summed E-state index contributed by atoms with van der Waals surface area (Å²) in [6.07, 6.45) is 4.41. The summed E-state index contributed by atoms with van der Waals surface area (Å²) in [4.78, 5) is 26.5. The van der Waals surface area contributed by atoms with E-state index >= 15 is 0 Å². The maximum atomic E-state index is 12.9. The third kappa shape index (κ3) is 2.98. The third-order valence-electron chi connectivity index (χ3n) is 5.26. The lowest BCUT2D eigenvalue weighted by Gasteiger charge is -2.37. The summed E-state index contributed by atoms with van der Waals surface area (Å²) in [7, 11) is 3.45. The number of rotatable bonds is 3. The highest BCUT2D eigenvalue weighted by Crippen LogP contribution is 2.44. The number of nitrogens with one attached hydrogen (secondary N) is 2. The van der Waals surface area contributed by atoms with Crippen LogP contribution in [0.15, 0.2) is 24.3 Å². The molecule has 2 N–H and O–H groups in total. The number of nitrogens with zero attached hydrogens (tertiary/aromatic N) is 1. The highest BCUT2D eigenvalue weighted by Gasteiger charge is 2.49. The van der Waals surface area contributed by atoms with E-state index in [2.05, 4.69) is 10.6 Å². The van der Waals surface area contributed by atoms with Crippen LogP contribution in [0.5, 0.6) is 0 Å². The van der Waals surface area contributed by atoms with Crippen LogP contribution in [0.2, 0.25) is 0 Å². The van der Waals surface area contributed by atoms with Crippen LogP contribution in [0.1, 0.15) is 36.0 Å². The van der Waals surface area contributed by atoms with Gasteiger partial charge in [-0.1, -0.05) is 18.9 Å². The molecule has 23 heavy (non-hydrogen) atoms. The Balaban J connectivity index is 1.78. The second-order valence-electron chi connectivity index (χ2n) is 6.96. The molecule has 1 aromatic carbocycles. The molecule has 5 heteroatoms. The summed E-state index contributed by atoms with van der Waals surface area (Å²) in [6, 6.07) is 7.20. The van der Waals surface area contributed by atoms with Crippen LogP contribution in [0.3, 0.4) is 0 Å². The lowest BCUT2D eigenvalue weighted by molar-refractivity contribution is -0.128. The summed E-state index contributed by atoms with van der Waals surface area (Å²) >= 11 is 0. The molecule has 0 unspecified atom stereocenters. The molecule has 0 aromatic heterocycles. The van der Waals surface area contributed by atoms with Gasteiger partial charge in [0.15, 0.2) is 0 Å². The van der Waals surface area contributed by atoms with Crippen LogP contribution in [0, 0.1) is 11.3 Å². The summed E-state index contributed by atoms with van der Waals surface area (Å²) < 4.78 is 0. The second-order valence-corrected chi connectivity index (χ2v) is 6.96. The van der Waals surface area contributed by atoms with Crippen molar-refractivity contribution in [3.8, 4) is 0 Å². The van der Waals surface area contributed by atoms with Crippen LogP contribution in [0.4, 0.5) is 5.69 Å². The fraction of sp³-hybridized carbons (Fsp3) is 0.556. The van der Waals surface area contributed by atoms with E-state index in [1.165, 1.54) is 11.3 Å². The molecule has 0 bridgehead atoms. The van der Waals surface area contributed by atoms with E-state index in [1.807, 2.05) is 12.1 Å². The molecule has 1 aromatic rings. The Morgan fingerprint density at radius 3 is 2.91 bits per heavy atom. The molecular formula is C18H25N3O2. The van der Waals surface area contributed by atoms with Gasteiger partial charge in [-0.2, -0.15) is 0 Å². The summed E-state index contributed by atoms with van der Waals surface area (Å²) in [6.45, 7) is 1.70. The minimum Gasteiger partial charge on any atom is -0.345 e. The van der Waals surface area contributed by atoms with Crippen LogP contribution in [0.25, 0.3) is 0 Å². The van der Waals surface area contributed by atoms with Crippen molar-refractivity contribution in [2.75, 3.05) is 32.5 Å². The maximum Gasteiger partial charge on any atom is 0.253 e. The van der Waals surface area contributed by atoms with Gasteiger partial charge in [0, 0.05) is 31.9 Å². The lowest BCUT2D eigenvalue weighted by atomic mass is 9.67. The summed E-state index contributed by atoms with van der Waals surface area (Å²) in [5.74, 6) is 0.474. The first-order valence-electron chi connectivity index (χ1n) is 8.37. The van der Waals surface area contributed by atoms with Crippen molar-refractivity contribution in [3.63, 3.8) is 0 Å². The highest BCUT2D eigenvalue weighted by atomic mass is 16.2. The topological polar surface area (TPSA) is 61.4 Å². The van der Waals surface area contributed by atoms with Crippen molar-refractivity contribution in [2.24, 2.45) is 11.3 Å². The van der Waals surface area contributed by atoms with E-state index < -0.39 is 0 Å². The average Bonchev–Trinajstić information content (AvgIpc) is 2.99. The molecule has 1 heterocycles. The Morgan fingerprint density at radius 2 is 2.13 bits per heavy atom. The largest absolute Gasteiger partial charge is 0.345 e. The molecule has 3 rings (SSSR count). The molecule has 2 atom stereocenters. The quantitative estimate of drug-likeness (QED) is 0.898. The van der Waals surface area contributed by atoms with Crippen LogP contribution >= 0.6 is 0 Å². The minimum absolute atomic E-state index is 0.0580. The number of benzene rings is 1. The first-order chi connectivity index (χ1) is 11.0. The van der Waals surface area contributed by atoms with Crippen LogP contribution < -0.4 is 10.6 Å². The van der Waals surface area contributed by atoms with Crippen molar-refractivity contribution >= 4 is 17.5 Å². The molecule has 124 valence electrons. The van der Waals surface area contributed by atoms with Crippen LogP contribution in [-0.4, -0.2) is 43.9 Å². The van der Waals surface area contributed by atoms with Crippen LogP contribution in [-0.2, 0) is 4.79 Å². The minimum atomic E-state index is -0.278. The number of amides is 2. The van der Waals surface area contributed by atoms with Gasteiger partial charge in [0.25, 0.3) is 5.91 Å². The maximum absolute atomic E-state index is 12.9. The van der Waals surface area contributed by atoms with Gasteiger partial charge in [-0.3, -0.25) is 9.59 Å². The normalized spacial score (nSPS) is 26.4. The zero-order valence-corrected chi connectivity index (χ0v) is 13.9. The second kappa shape index (κ2) is 6.32.